The van der Waals surface area contributed by atoms with Crippen molar-refractivity contribution >= 4 is 51.7 Å². The monoisotopic (exact) mass is 342 g/mol. The number of aliphatic hydroxyl groups excluding tert-OH is 2. The van der Waals surface area contributed by atoms with Gasteiger partial charge in [0.25, 0.3) is 0 Å². The second-order valence-corrected chi connectivity index (χ2v) is 6.43. The standard InChI is InChI=1S/C12H13Cl3O3S/c1-6(16)19-3-2-10(17)12(18)8-4-7(13)5-9(14)11(8)15/h4-5,10,12,17-18H,2-3H2,1H3. The van der Waals surface area contributed by atoms with Crippen LogP contribution < -0.4 is 0 Å². The van der Waals surface area contributed by atoms with Crippen molar-refractivity contribution in [3.8, 4) is 0 Å². The van der Waals surface area contributed by atoms with Crippen LogP contribution in [0.4, 0.5) is 0 Å². The van der Waals surface area contributed by atoms with E-state index in [-0.39, 0.29) is 27.1 Å². The van der Waals surface area contributed by atoms with E-state index in [1.807, 2.05) is 0 Å². The molecule has 0 aliphatic heterocycles. The van der Waals surface area contributed by atoms with Gasteiger partial charge < -0.3 is 10.2 Å². The topological polar surface area (TPSA) is 57.5 Å². The molecular weight excluding hydrogens is 331 g/mol. The highest BCUT2D eigenvalue weighted by atomic mass is 35.5. The van der Waals surface area contributed by atoms with Crippen LogP contribution in [0.2, 0.25) is 15.1 Å². The predicted molar refractivity (Wildman–Crippen MR) is 80.2 cm³/mol. The molecule has 0 aliphatic carbocycles. The third-order valence-corrected chi connectivity index (χ3v) is 4.30. The maximum Gasteiger partial charge on any atom is 0.185 e. The number of carbonyl (C=O) groups excluding carboxylic acids is 1. The smallest absolute Gasteiger partial charge is 0.185 e. The minimum absolute atomic E-state index is 0.0366. The molecule has 0 heterocycles. The molecule has 0 amide bonds. The lowest BCUT2D eigenvalue weighted by atomic mass is 10.0. The molecule has 2 unspecified atom stereocenters. The molecule has 1 aromatic carbocycles. The molecule has 0 bridgehead atoms. The van der Waals surface area contributed by atoms with E-state index in [4.69, 9.17) is 34.8 Å². The van der Waals surface area contributed by atoms with Gasteiger partial charge in [0.1, 0.15) is 6.10 Å². The van der Waals surface area contributed by atoms with Crippen molar-refractivity contribution in [1.29, 1.82) is 0 Å². The maximum absolute atomic E-state index is 10.8. The Hall–Kier alpha value is 0.0300. The number of rotatable bonds is 5. The summed E-state index contributed by atoms with van der Waals surface area (Å²) in [5.74, 6) is 0.416. The van der Waals surface area contributed by atoms with E-state index in [2.05, 4.69) is 0 Å². The van der Waals surface area contributed by atoms with Crippen LogP contribution in [0.15, 0.2) is 12.1 Å². The SMILES string of the molecule is CC(=O)SCCC(O)C(O)c1cc(Cl)cc(Cl)c1Cl. The van der Waals surface area contributed by atoms with Gasteiger partial charge in [-0.3, -0.25) is 4.79 Å². The molecule has 7 heteroatoms. The first-order valence-electron chi connectivity index (χ1n) is 5.47. The van der Waals surface area contributed by atoms with E-state index in [1.165, 1.54) is 19.1 Å². The first kappa shape index (κ1) is 17.1. The highest BCUT2D eigenvalue weighted by Crippen LogP contribution is 2.35. The average Bonchev–Trinajstić information content (AvgIpc) is 2.32. The summed E-state index contributed by atoms with van der Waals surface area (Å²) in [5.41, 5.74) is 0.277. The molecule has 1 rings (SSSR count). The number of halogens is 3. The molecule has 0 radical (unpaired) electrons. The lowest BCUT2D eigenvalue weighted by Gasteiger charge is -2.19. The van der Waals surface area contributed by atoms with Crippen LogP contribution in [0.1, 0.15) is 25.0 Å². The van der Waals surface area contributed by atoms with E-state index in [1.54, 1.807) is 0 Å². The number of thioether (sulfide) groups is 1. The number of benzene rings is 1. The molecule has 2 N–H and O–H groups in total. The Kier molecular flexibility index (Phi) is 6.94. The zero-order chi connectivity index (χ0) is 14.6. The first-order chi connectivity index (χ1) is 8.82. The zero-order valence-corrected chi connectivity index (χ0v) is 13.2. The molecule has 19 heavy (non-hydrogen) atoms. The van der Waals surface area contributed by atoms with Crippen LogP contribution >= 0.6 is 46.6 Å². The second-order valence-electron chi connectivity index (χ2n) is 3.93. The Balaban J connectivity index is 2.76. The molecule has 0 aliphatic rings. The summed E-state index contributed by atoms with van der Waals surface area (Å²) in [6, 6.07) is 2.92. The van der Waals surface area contributed by atoms with Crippen LogP contribution in [-0.2, 0) is 4.79 Å². The summed E-state index contributed by atoms with van der Waals surface area (Å²) in [6.45, 7) is 1.45. The molecule has 0 saturated heterocycles. The summed E-state index contributed by atoms with van der Waals surface area (Å²) >= 11 is 18.7. The van der Waals surface area contributed by atoms with Gasteiger partial charge in [-0.2, -0.15) is 0 Å². The van der Waals surface area contributed by atoms with Gasteiger partial charge >= 0.3 is 0 Å². The van der Waals surface area contributed by atoms with E-state index in [0.717, 1.165) is 11.8 Å². The number of hydrogen-bond acceptors (Lipinski definition) is 4. The normalized spacial score (nSPS) is 14.2. The first-order valence-corrected chi connectivity index (χ1v) is 7.58. The number of hydrogen-bond donors (Lipinski definition) is 2. The Bertz CT molecular complexity index is 468. The van der Waals surface area contributed by atoms with Gasteiger partial charge in [-0.05, 0) is 18.6 Å². The molecule has 0 saturated carbocycles. The molecule has 0 fully saturated rings. The summed E-state index contributed by atoms with van der Waals surface area (Å²) in [4.78, 5) is 10.8. The lowest BCUT2D eigenvalue weighted by molar-refractivity contribution is -0.109. The predicted octanol–water partition coefficient (Wildman–Crippen LogP) is 3.71. The minimum Gasteiger partial charge on any atom is -0.390 e. The fraction of sp³-hybridized carbons (Fsp3) is 0.417. The van der Waals surface area contributed by atoms with E-state index >= 15 is 0 Å². The average molecular weight is 344 g/mol. The van der Waals surface area contributed by atoms with Crippen molar-refractivity contribution in [3.63, 3.8) is 0 Å². The van der Waals surface area contributed by atoms with Crippen LogP contribution in [0.5, 0.6) is 0 Å². The summed E-state index contributed by atoms with van der Waals surface area (Å²) < 4.78 is 0. The van der Waals surface area contributed by atoms with E-state index in [0.29, 0.717) is 10.8 Å². The molecule has 0 spiro atoms. The number of carbonyl (C=O) groups is 1. The van der Waals surface area contributed by atoms with Crippen molar-refractivity contribution in [1.82, 2.24) is 0 Å². The third kappa shape index (κ3) is 5.14. The lowest BCUT2D eigenvalue weighted by Crippen LogP contribution is -2.19. The van der Waals surface area contributed by atoms with E-state index in [9.17, 15) is 15.0 Å². The second kappa shape index (κ2) is 7.72. The molecule has 2 atom stereocenters. The summed E-state index contributed by atoms with van der Waals surface area (Å²) in [6.07, 6.45) is -1.98. The van der Waals surface area contributed by atoms with Crippen LogP contribution in [0.25, 0.3) is 0 Å². The maximum atomic E-state index is 10.8. The van der Waals surface area contributed by atoms with Gasteiger partial charge in [0, 0.05) is 23.3 Å². The zero-order valence-electron chi connectivity index (χ0n) is 10.1. The van der Waals surface area contributed by atoms with Crippen molar-refractivity contribution < 1.29 is 15.0 Å². The quantitative estimate of drug-likeness (QED) is 0.800. The summed E-state index contributed by atoms with van der Waals surface area (Å²) in [7, 11) is 0. The summed E-state index contributed by atoms with van der Waals surface area (Å²) in [5, 5.41) is 20.6. The van der Waals surface area contributed by atoms with Crippen LogP contribution in [-0.4, -0.2) is 27.2 Å². The van der Waals surface area contributed by atoms with Gasteiger partial charge in [-0.1, -0.05) is 46.6 Å². The highest BCUT2D eigenvalue weighted by molar-refractivity contribution is 8.13. The fourth-order valence-corrected chi connectivity index (χ4v) is 2.86. The van der Waals surface area contributed by atoms with Gasteiger partial charge in [0.2, 0.25) is 0 Å². The van der Waals surface area contributed by atoms with Crippen molar-refractivity contribution in [3.05, 3.63) is 32.8 Å². The molecule has 0 aromatic heterocycles. The Morgan fingerprint density at radius 3 is 2.53 bits per heavy atom. The molecule has 3 nitrogen and oxygen atoms in total. The largest absolute Gasteiger partial charge is 0.390 e. The van der Waals surface area contributed by atoms with Gasteiger partial charge in [0.15, 0.2) is 5.12 Å². The molecular formula is C12H13Cl3O3S. The fourth-order valence-electron chi connectivity index (χ4n) is 1.48. The third-order valence-electron chi connectivity index (χ3n) is 2.42. The highest BCUT2D eigenvalue weighted by Gasteiger charge is 2.22. The van der Waals surface area contributed by atoms with E-state index < -0.39 is 12.2 Å². The minimum atomic E-state index is -1.20. The Labute approximate surface area is 130 Å². The van der Waals surface area contributed by atoms with Crippen molar-refractivity contribution in [2.75, 3.05) is 5.75 Å². The molecule has 106 valence electrons. The number of aliphatic hydroxyl groups is 2. The molecule has 1 aromatic rings. The van der Waals surface area contributed by atoms with Crippen LogP contribution in [0.3, 0.4) is 0 Å². The van der Waals surface area contributed by atoms with Crippen LogP contribution in [0, 0.1) is 0 Å². The van der Waals surface area contributed by atoms with Gasteiger partial charge in [0.05, 0.1) is 16.1 Å². The van der Waals surface area contributed by atoms with Gasteiger partial charge in [-0.25, -0.2) is 0 Å². The Morgan fingerprint density at radius 1 is 1.32 bits per heavy atom. The van der Waals surface area contributed by atoms with Crippen molar-refractivity contribution in [2.24, 2.45) is 0 Å². The Morgan fingerprint density at radius 2 is 1.95 bits per heavy atom. The van der Waals surface area contributed by atoms with Crippen molar-refractivity contribution in [2.45, 2.75) is 25.6 Å². The van der Waals surface area contributed by atoms with Gasteiger partial charge in [-0.15, -0.1) is 0 Å².